The van der Waals surface area contributed by atoms with Gasteiger partial charge in [-0.05, 0) is 13.1 Å². The van der Waals surface area contributed by atoms with Crippen LogP contribution < -0.4 is 24.4 Å². The summed E-state index contributed by atoms with van der Waals surface area (Å²) in [6.45, 7) is 8.13. The predicted octanol–water partition coefficient (Wildman–Crippen LogP) is 2.24. The Balaban J connectivity index is 1.65. The lowest BCUT2D eigenvalue weighted by Gasteiger charge is -2.20. The van der Waals surface area contributed by atoms with Crippen LogP contribution in [0.5, 0.6) is 17.2 Å². The Morgan fingerprint density at radius 1 is 1.15 bits per heavy atom. The Kier molecular flexibility index (Phi) is 8.16. The minimum atomic E-state index is -0.476. The molecule has 2 heterocycles. The molecule has 180 valence electrons. The van der Waals surface area contributed by atoms with Gasteiger partial charge in [0.1, 0.15) is 0 Å². The molecule has 3 rings (SSSR count). The molecule has 0 saturated carbocycles. The number of carbonyl (C=O) groups is 2. The number of anilines is 2. The Morgan fingerprint density at radius 2 is 1.82 bits per heavy atom. The summed E-state index contributed by atoms with van der Waals surface area (Å²) in [6.07, 6.45) is 3.57. The third kappa shape index (κ3) is 5.57. The molecule has 1 fully saturated rings. The normalized spacial score (nSPS) is 15.8. The number of ether oxygens (including phenoxy) is 3. The standard InChI is InChI=1S/C23H33N5O5/c1-6-26(7-2)8-9-27-15-17(13-24-27)25-23(30)16-10-21(29)28(14-16)18-11-19(31-3)22(33-5)20(12-18)32-4/h11-13,15-16H,6-10,14H2,1-5H3,(H,25,30). The van der Waals surface area contributed by atoms with Crippen molar-refractivity contribution in [2.45, 2.75) is 26.8 Å². The molecule has 1 aromatic heterocycles. The molecule has 10 heteroatoms. The van der Waals surface area contributed by atoms with Crippen LogP contribution >= 0.6 is 0 Å². The van der Waals surface area contributed by atoms with Gasteiger partial charge in [-0.2, -0.15) is 5.10 Å². The first-order chi connectivity index (χ1) is 15.9. The number of carbonyl (C=O) groups excluding carboxylic acids is 2. The molecule has 2 amide bonds. The topological polar surface area (TPSA) is 98.2 Å². The van der Waals surface area contributed by atoms with Crippen LogP contribution in [0.15, 0.2) is 24.5 Å². The highest BCUT2D eigenvalue weighted by Crippen LogP contribution is 2.42. The molecular formula is C23H33N5O5. The molecule has 1 aliphatic rings. The highest BCUT2D eigenvalue weighted by atomic mass is 16.5. The first-order valence-corrected chi connectivity index (χ1v) is 11.1. The van der Waals surface area contributed by atoms with Gasteiger partial charge in [0.2, 0.25) is 17.6 Å². The molecule has 1 saturated heterocycles. The number of benzene rings is 1. The highest BCUT2D eigenvalue weighted by molar-refractivity contribution is 6.03. The second-order valence-corrected chi connectivity index (χ2v) is 7.80. The fourth-order valence-electron chi connectivity index (χ4n) is 3.93. The van der Waals surface area contributed by atoms with Crippen LogP contribution in [-0.2, 0) is 16.1 Å². The van der Waals surface area contributed by atoms with E-state index in [1.807, 2.05) is 10.9 Å². The van der Waals surface area contributed by atoms with Gasteiger partial charge in [-0.1, -0.05) is 13.8 Å². The van der Waals surface area contributed by atoms with Crippen LogP contribution in [0.4, 0.5) is 11.4 Å². The summed E-state index contributed by atoms with van der Waals surface area (Å²) in [4.78, 5) is 29.4. The highest BCUT2D eigenvalue weighted by Gasteiger charge is 2.36. The second-order valence-electron chi connectivity index (χ2n) is 7.80. The van der Waals surface area contributed by atoms with E-state index in [4.69, 9.17) is 14.2 Å². The Hall–Kier alpha value is -3.27. The fourth-order valence-corrected chi connectivity index (χ4v) is 3.93. The first kappa shape index (κ1) is 24.4. The maximum Gasteiger partial charge on any atom is 0.229 e. The molecule has 1 N–H and O–H groups in total. The number of nitrogens with one attached hydrogen (secondary N) is 1. The minimum Gasteiger partial charge on any atom is -0.493 e. The quantitative estimate of drug-likeness (QED) is 0.550. The number of hydrogen-bond acceptors (Lipinski definition) is 7. The zero-order valence-corrected chi connectivity index (χ0v) is 20.0. The Bertz CT molecular complexity index is 947. The number of aromatic nitrogens is 2. The van der Waals surface area contributed by atoms with Crippen molar-refractivity contribution in [3.63, 3.8) is 0 Å². The van der Waals surface area contributed by atoms with E-state index in [2.05, 4.69) is 29.2 Å². The predicted molar refractivity (Wildman–Crippen MR) is 125 cm³/mol. The van der Waals surface area contributed by atoms with E-state index in [1.54, 1.807) is 23.2 Å². The maximum atomic E-state index is 12.8. The average Bonchev–Trinajstić information content (AvgIpc) is 3.44. The van der Waals surface area contributed by atoms with Crippen LogP contribution in [0.2, 0.25) is 0 Å². The second kappa shape index (κ2) is 11.0. The molecular weight excluding hydrogens is 426 g/mol. The van der Waals surface area contributed by atoms with Crippen molar-refractivity contribution in [3.8, 4) is 17.2 Å². The van der Waals surface area contributed by atoms with Crippen molar-refractivity contribution in [1.29, 1.82) is 0 Å². The summed E-state index contributed by atoms with van der Waals surface area (Å²) >= 11 is 0. The van der Waals surface area contributed by atoms with Crippen molar-refractivity contribution in [3.05, 3.63) is 24.5 Å². The van der Waals surface area contributed by atoms with E-state index < -0.39 is 5.92 Å². The summed E-state index contributed by atoms with van der Waals surface area (Å²) in [5.41, 5.74) is 1.22. The molecule has 33 heavy (non-hydrogen) atoms. The van der Waals surface area contributed by atoms with Crippen LogP contribution in [0.3, 0.4) is 0 Å². The largest absolute Gasteiger partial charge is 0.493 e. The molecule has 0 bridgehead atoms. The van der Waals surface area contributed by atoms with Crippen molar-refractivity contribution in [2.75, 3.05) is 57.7 Å². The molecule has 0 aliphatic carbocycles. The van der Waals surface area contributed by atoms with Gasteiger partial charge in [-0.15, -0.1) is 0 Å². The Morgan fingerprint density at radius 3 is 2.39 bits per heavy atom. The molecule has 1 atom stereocenters. The first-order valence-electron chi connectivity index (χ1n) is 11.1. The number of amides is 2. The van der Waals surface area contributed by atoms with Gasteiger partial charge in [0.25, 0.3) is 0 Å². The summed E-state index contributed by atoms with van der Waals surface area (Å²) in [6, 6.07) is 3.42. The zero-order valence-electron chi connectivity index (χ0n) is 20.0. The van der Waals surface area contributed by atoms with E-state index >= 15 is 0 Å². The van der Waals surface area contributed by atoms with Crippen molar-refractivity contribution in [1.82, 2.24) is 14.7 Å². The maximum absolute atomic E-state index is 12.8. The lowest BCUT2D eigenvalue weighted by Crippen LogP contribution is -2.28. The van der Waals surface area contributed by atoms with Gasteiger partial charge < -0.3 is 29.3 Å². The van der Waals surface area contributed by atoms with E-state index in [0.29, 0.717) is 28.6 Å². The van der Waals surface area contributed by atoms with Crippen molar-refractivity contribution >= 4 is 23.2 Å². The van der Waals surface area contributed by atoms with Crippen LogP contribution in [-0.4, -0.2) is 74.0 Å². The van der Waals surface area contributed by atoms with Crippen LogP contribution in [0.1, 0.15) is 20.3 Å². The van der Waals surface area contributed by atoms with Crippen LogP contribution in [0, 0.1) is 5.92 Å². The summed E-state index contributed by atoms with van der Waals surface area (Å²) in [5, 5.41) is 7.22. The molecule has 2 aromatic rings. The summed E-state index contributed by atoms with van der Waals surface area (Å²) < 4.78 is 17.9. The monoisotopic (exact) mass is 459 g/mol. The van der Waals surface area contributed by atoms with Gasteiger partial charge in [0.05, 0.1) is 51.4 Å². The van der Waals surface area contributed by atoms with Crippen molar-refractivity contribution in [2.24, 2.45) is 5.92 Å². The fraction of sp³-hybridized carbons (Fsp3) is 0.522. The number of methoxy groups -OCH3 is 3. The molecule has 1 unspecified atom stereocenters. The zero-order chi connectivity index (χ0) is 24.0. The number of rotatable bonds is 11. The lowest BCUT2D eigenvalue weighted by molar-refractivity contribution is -0.122. The number of hydrogen-bond donors (Lipinski definition) is 1. The lowest BCUT2D eigenvalue weighted by atomic mass is 10.1. The molecule has 1 aliphatic heterocycles. The molecule has 10 nitrogen and oxygen atoms in total. The molecule has 0 radical (unpaired) electrons. The van der Waals surface area contributed by atoms with Crippen molar-refractivity contribution < 1.29 is 23.8 Å². The third-order valence-electron chi connectivity index (χ3n) is 5.90. The molecule has 1 aromatic carbocycles. The van der Waals surface area contributed by atoms with E-state index in [1.165, 1.54) is 21.3 Å². The Labute approximate surface area is 194 Å². The summed E-state index contributed by atoms with van der Waals surface area (Å²) in [7, 11) is 4.56. The SMILES string of the molecule is CCN(CC)CCn1cc(NC(=O)C2CC(=O)N(c3cc(OC)c(OC)c(OC)c3)C2)cn1. The van der Waals surface area contributed by atoms with Crippen LogP contribution in [0.25, 0.3) is 0 Å². The summed E-state index contributed by atoms with van der Waals surface area (Å²) in [5.74, 6) is 0.522. The van der Waals surface area contributed by atoms with Gasteiger partial charge >= 0.3 is 0 Å². The smallest absolute Gasteiger partial charge is 0.229 e. The third-order valence-corrected chi connectivity index (χ3v) is 5.90. The van der Waals surface area contributed by atoms with Gasteiger partial charge in [-0.3, -0.25) is 14.3 Å². The van der Waals surface area contributed by atoms with E-state index in [-0.39, 0.29) is 24.8 Å². The van der Waals surface area contributed by atoms with E-state index in [0.717, 1.165) is 26.2 Å². The van der Waals surface area contributed by atoms with Gasteiger partial charge in [0, 0.05) is 37.8 Å². The van der Waals surface area contributed by atoms with Gasteiger partial charge in [-0.25, -0.2) is 0 Å². The molecule has 0 spiro atoms. The minimum absolute atomic E-state index is 0.124. The van der Waals surface area contributed by atoms with E-state index in [9.17, 15) is 9.59 Å². The number of likely N-dealkylation sites (N-methyl/N-ethyl adjacent to an activating group) is 1. The number of nitrogens with zero attached hydrogens (tertiary/aromatic N) is 4. The average molecular weight is 460 g/mol. The van der Waals surface area contributed by atoms with Gasteiger partial charge in [0.15, 0.2) is 11.5 Å².